The maximum absolute atomic E-state index is 14.5. The molecule has 146 valence electrons. The number of rotatable bonds is 4. The first-order valence-corrected chi connectivity index (χ1v) is 9.33. The van der Waals surface area contributed by atoms with Gasteiger partial charge in [-0.3, -0.25) is 0 Å². The topological polar surface area (TPSA) is 50.1 Å². The minimum atomic E-state index is -1.15. The second-order valence-electron chi connectivity index (χ2n) is 7.13. The van der Waals surface area contributed by atoms with Gasteiger partial charge in [-0.05, 0) is 55.2 Å². The lowest BCUT2D eigenvalue weighted by Gasteiger charge is -2.28. The number of esters is 1. The number of halogens is 3. The van der Waals surface area contributed by atoms with E-state index in [-0.39, 0.29) is 11.5 Å². The van der Waals surface area contributed by atoms with Crippen LogP contribution in [-0.4, -0.2) is 5.97 Å². The Kier molecular flexibility index (Phi) is 6.03. The van der Waals surface area contributed by atoms with Gasteiger partial charge in [0, 0.05) is 12.1 Å². The molecule has 3 nitrogen and oxygen atoms in total. The number of carbonyl (C=O) groups is 1. The van der Waals surface area contributed by atoms with Gasteiger partial charge in [-0.2, -0.15) is 5.26 Å². The van der Waals surface area contributed by atoms with Gasteiger partial charge in [-0.1, -0.05) is 19.4 Å². The van der Waals surface area contributed by atoms with E-state index in [0.29, 0.717) is 0 Å². The Hall–Kier alpha value is -2.81. The van der Waals surface area contributed by atoms with E-state index >= 15 is 0 Å². The molecule has 1 saturated carbocycles. The van der Waals surface area contributed by atoms with Crippen molar-refractivity contribution in [3.63, 3.8) is 0 Å². The van der Waals surface area contributed by atoms with Crippen molar-refractivity contribution >= 4 is 5.97 Å². The summed E-state index contributed by atoms with van der Waals surface area (Å²) < 4.78 is 46.6. The SMILES string of the molecule is CCC1CCC(c2ccc(C(=O)Oc3cc(F)c(C#N)c(F)c3)c(F)c2)CC1. The average molecular weight is 387 g/mol. The van der Waals surface area contributed by atoms with Gasteiger partial charge in [0.1, 0.15) is 34.8 Å². The molecule has 1 aliphatic carbocycles. The predicted octanol–water partition coefficient (Wildman–Crippen LogP) is 5.88. The summed E-state index contributed by atoms with van der Waals surface area (Å²) in [6.45, 7) is 2.18. The van der Waals surface area contributed by atoms with Crippen molar-refractivity contribution in [1.82, 2.24) is 0 Å². The first kappa shape index (κ1) is 19.9. The molecule has 0 radical (unpaired) electrons. The highest BCUT2D eigenvalue weighted by molar-refractivity contribution is 5.91. The summed E-state index contributed by atoms with van der Waals surface area (Å²) in [5.41, 5.74) is -0.233. The number of hydrogen-bond donors (Lipinski definition) is 0. The molecule has 0 spiro atoms. The molecule has 28 heavy (non-hydrogen) atoms. The first-order chi connectivity index (χ1) is 13.4. The summed E-state index contributed by atoms with van der Waals surface area (Å²) in [6.07, 6.45) is 5.37. The van der Waals surface area contributed by atoms with Crippen LogP contribution in [0.1, 0.15) is 66.4 Å². The number of nitrogens with zero attached hydrogens (tertiary/aromatic N) is 1. The van der Waals surface area contributed by atoms with Crippen LogP contribution in [0, 0.1) is 34.7 Å². The van der Waals surface area contributed by atoms with Gasteiger partial charge < -0.3 is 4.74 Å². The van der Waals surface area contributed by atoms with Crippen LogP contribution in [-0.2, 0) is 0 Å². The van der Waals surface area contributed by atoms with Crippen molar-refractivity contribution in [2.75, 3.05) is 0 Å². The molecule has 0 saturated heterocycles. The van der Waals surface area contributed by atoms with Crippen molar-refractivity contribution in [3.8, 4) is 11.8 Å². The van der Waals surface area contributed by atoms with Crippen LogP contribution in [0.25, 0.3) is 0 Å². The zero-order chi connectivity index (χ0) is 20.3. The van der Waals surface area contributed by atoms with Crippen molar-refractivity contribution in [2.45, 2.75) is 44.9 Å². The molecular weight excluding hydrogens is 367 g/mol. The van der Waals surface area contributed by atoms with E-state index in [1.165, 1.54) is 18.2 Å². The Morgan fingerprint density at radius 2 is 1.71 bits per heavy atom. The molecule has 2 aromatic carbocycles. The van der Waals surface area contributed by atoms with E-state index in [0.717, 1.165) is 55.7 Å². The highest BCUT2D eigenvalue weighted by Crippen LogP contribution is 2.37. The van der Waals surface area contributed by atoms with Gasteiger partial charge >= 0.3 is 5.97 Å². The smallest absolute Gasteiger partial charge is 0.346 e. The molecular formula is C22H20F3NO2. The normalized spacial score (nSPS) is 19.1. The Balaban J connectivity index is 1.74. The van der Waals surface area contributed by atoms with Crippen LogP contribution in [0.2, 0.25) is 0 Å². The molecule has 3 rings (SSSR count). The van der Waals surface area contributed by atoms with Crippen molar-refractivity contribution in [1.29, 1.82) is 5.26 Å². The van der Waals surface area contributed by atoms with Crippen LogP contribution in [0.15, 0.2) is 30.3 Å². The number of nitriles is 1. The fourth-order valence-electron chi connectivity index (χ4n) is 3.73. The highest BCUT2D eigenvalue weighted by Gasteiger charge is 2.23. The molecule has 0 amide bonds. The van der Waals surface area contributed by atoms with E-state index < -0.39 is 34.7 Å². The van der Waals surface area contributed by atoms with E-state index in [1.54, 1.807) is 6.07 Å². The summed E-state index contributed by atoms with van der Waals surface area (Å²) in [4.78, 5) is 12.2. The van der Waals surface area contributed by atoms with Gasteiger partial charge in [0.15, 0.2) is 0 Å². The Morgan fingerprint density at radius 3 is 2.25 bits per heavy atom. The van der Waals surface area contributed by atoms with E-state index in [1.807, 2.05) is 0 Å². The standard InChI is InChI=1S/C22H20F3NO2/c1-2-13-3-5-14(6-4-13)15-7-8-17(19(23)9-15)22(27)28-16-10-20(24)18(12-26)21(25)11-16/h7-11,13-14H,2-6H2,1H3. The summed E-state index contributed by atoms with van der Waals surface area (Å²) >= 11 is 0. The number of carbonyl (C=O) groups excluding carboxylic acids is 1. The Morgan fingerprint density at radius 1 is 1.07 bits per heavy atom. The lowest BCUT2D eigenvalue weighted by Crippen LogP contribution is -2.14. The molecule has 0 aliphatic heterocycles. The third-order valence-electron chi connectivity index (χ3n) is 5.45. The lowest BCUT2D eigenvalue weighted by molar-refractivity contribution is 0.0729. The summed E-state index contributed by atoms with van der Waals surface area (Å²) in [7, 11) is 0. The average Bonchev–Trinajstić information content (AvgIpc) is 2.67. The highest BCUT2D eigenvalue weighted by atomic mass is 19.1. The van der Waals surface area contributed by atoms with Crippen LogP contribution in [0.5, 0.6) is 5.75 Å². The maximum Gasteiger partial charge on any atom is 0.346 e. The fourth-order valence-corrected chi connectivity index (χ4v) is 3.73. The first-order valence-electron chi connectivity index (χ1n) is 9.33. The Bertz CT molecular complexity index is 905. The molecule has 6 heteroatoms. The van der Waals surface area contributed by atoms with Gasteiger partial charge in [0.25, 0.3) is 0 Å². The summed E-state index contributed by atoms with van der Waals surface area (Å²) in [5.74, 6) is -3.52. The van der Waals surface area contributed by atoms with Gasteiger partial charge in [-0.25, -0.2) is 18.0 Å². The van der Waals surface area contributed by atoms with E-state index in [4.69, 9.17) is 10.00 Å². The molecule has 1 fully saturated rings. The summed E-state index contributed by atoms with van der Waals surface area (Å²) in [6, 6.07) is 7.21. The number of ether oxygens (including phenoxy) is 1. The zero-order valence-corrected chi connectivity index (χ0v) is 15.5. The quantitative estimate of drug-likeness (QED) is 0.486. The number of benzene rings is 2. The summed E-state index contributed by atoms with van der Waals surface area (Å²) in [5, 5.41) is 8.66. The van der Waals surface area contributed by atoms with Crippen LogP contribution < -0.4 is 4.74 Å². The molecule has 2 aromatic rings. The monoisotopic (exact) mass is 387 g/mol. The van der Waals surface area contributed by atoms with Crippen molar-refractivity contribution in [3.05, 3.63) is 64.5 Å². The predicted molar refractivity (Wildman–Crippen MR) is 97.4 cm³/mol. The van der Waals surface area contributed by atoms with Gasteiger partial charge in [0.2, 0.25) is 0 Å². The second kappa shape index (κ2) is 8.47. The molecule has 0 atom stereocenters. The van der Waals surface area contributed by atoms with Crippen LogP contribution in [0.4, 0.5) is 13.2 Å². The lowest BCUT2D eigenvalue weighted by atomic mass is 9.78. The van der Waals surface area contributed by atoms with E-state index in [2.05, 4.69) is 6.92 Å². The Labute approximate surface area is 161 Å². The fraction of sp³-hybridized carbons (Fsp3) is 0.364. The number of hydrogen-bond acceptors (Lipinski definition) is 3. The molecule has 0 heterocycles. The molecule has 1 aliphatic rings. The third-order valence-corrected chi connectivity index (χ3v) is 5.45. The molecule has 0 bridgehead atoms. The molecule has 0 aromatic heterocycles. The minimum Gasteiger partial charge on any atom is -0.423 e. The molecule has 0 N–H and O–H groups in total. The molecule has 0 unspecified atom stereocenters. The van der Waals surface area contributed by atoms with Crippen LogP contribution >= 0.6 is 0 Å². The van der Waals surface area contributed by atoms with Crippen molar-refractivity contribution in [2.24, 2.45) is 5.92 Å². The van der Waals surface area contributed by atoms with Crippen molar-refractivity contribution < 1.29 is 22.7 Å². The third kappa shape index (κ3) is 4.19. The maximum atomic E-state index is 14.5. The second-order valence-corrected chi connectivity index (χ2v) is 7.13. The van der Waals surface area contributed by atoms with Gasteiger partial charge in [0.05, 0.1) is 5.56 Å². The van der Waals surface area contributed by atoms with E-state index in [9.17, 15) is 18.0 Å². The van der Waals surface area contributed by atoms with Gasteiger partial charge in [-0.15, -0.1) is 0 Å². The zero-order valence-electron chi connectivity index (χ0n) is 15.5. The largest absolute Gasteiger partial charge is 0.423 e. The van der Waals surface area contributed by atoms with Crippen LogP contribution in [0.3, 0.4) is 0 Å². The minimum absolute atomic E-state index is 0.268.